The Kier molecular flexibility index (Phi) is 5.03. The summed E-state index contributed by atoms with van der Waals surface area (Å²) in [5, 5.41) is 26.6. The molecule has 1 aromatic carbocycles. The molecule has 0 saturated heterocycles. The molecular weight excluding hydrogens is 418 g/mol. The van der Waals surface area contributed by atoms with Gasteiger partial charge in [-0.05, 0) is 62.7 Å². The van der Waals surface area contributed by atoms with Gasteiger partial charge in [-0.1, -0.05) is 17.3 Å². The van der Waals surface area contributed by atoms with E-state index in [-0.39, 0.29) is 0 Å². The van der Waals surface area contributed by atoms with E-state index in [0.29, 0.717) is 39.6 Å². The molecule has 0 radical (unpaired) electrons. The predicted octanol–water partition coefficient (Wildman–Crippen LogP) is 3.96. The van der Waals surface area contributed by atoms with Crippen molar-refractivity contribution >= 4 is 11.0 Å². The number of aromatic amines is 1. The summed E-state index contributed by atoms with van der Waals surface area (Å²) < 4.78 is 5.40. The van der Waals surface area contributed by atoms with Gasteiger partial charge in [0.25, 0.3) is 0 Å². The van der Waals surface area contributed by atoms with Crippen molar-refractivity contribution in [2.75, 3.05) is 0 Å². The lowest BCUT2D eigenvalue weighted by molar-refractivity contribution is 0.117. The molecule has 4 heterocycles. The summed E-state index contributed by atoms with van der Waals surface area (Å²) >= 11 is 0. The molecule has 0 aliphatic heterocycles. The van der Waals surface area contributed by atoms with E-state index in [2.05, 4.69) is 25.1 Å². The Labute approximate surface area is 190 Å². The molecule has 0 bridgehead atoms. The predicted molar refractivity (Wildman–Crippen MR) is 122 cm³/mol. The molecule has 5 rings (SSSR count). The molecule has 8 nitrogen and oxygen atoms in total. The molecule has 0 saturated carbocycles. The van der Waals surface area contributed by atoms with Crippen molar-refractivity contribution in [2.45, 2.75) is 32.5 Å². The second-order valence-corrected chi connectivity index (χ2v) is 8.06. The number of benzene rings is 1. The second-order valence-electron chi connectivity index (χ2n) is 8.06. The highest BCUT2D eigenvalue weighted by molar-refractivity contribution is 5.88. The first kappa shape index (κ1) is 21.0. The van der Waals surface area contributed by atoms with Gasteiger partial charge in [-0.2, -0.15) is 0 Å². The summed E-state index contributed by atoms with van der Waals surface area (Å²) in [5.41, 5.74) is 3.10. The SMILES string of the molecule is Cc1noc(C)c1-c1cc(C(O)(c2ccccn2)c2ccccn2)c2nc(C(C)O)[nH]c2c1. The minimum Gasteiger partial charge on any atom is -0.385 e. The van der Waals surface area contributed by atoms with Crippen molar-refractivity contribution in [3.05, 3.63) is 95.2 Å². The Morgan fingerprint density at radius 3 is 2.18 bits per heavy atom. The number of nitrogens with zero attached hydrogens (tertiary/aromatic N) is 4. The second kappa shape index (κ2) is 7.91. The van der Waals surface area contributed by atoms with Crippen LogP contribution >= 0.6 is 0 Å². The molecule has 0 spiro atoms. The van der Waals surface area contributed by atoms with Crippen LogP contribution in [-0.2, 0) is 5.60 Å². The monoisotopic (exact) mass is 441 g/mol. The van der Waals surface area contributed by atoms with Crippen LogP contribution in [0.3, 0.4) is 0 Å². The van der Waals surface area contributed by atoms with Crippen LogP contribution < -0.4 is 0 Å². The number of hydrogen-bond donors (Lipinski definition) is 3. The lowest BCUT2D eigenvalue weighted by Crippen LogP contribution is -2.31. The highest BCUT2D eigenvalue weighted by Crippen LogP contribution is 2.41. The highest BCUT2D eigenvalue weighted by atomic mass is 16.5. The van der Waals surface area contributed by atoms with Gasteiger partial charge in [-0.3, -0.25) is 9.97 Å². The van der Waals surface area contributed by atoms with Gasteiger partial charge in [0.1, 0.15) is 17.7 Å². The van der Waals surface area contributed by atoms with Crippen LogP contribution in [0.25, 0.3) is 22.2 Å². The number of aliphatic hydroxyl groups is 2. The van der Waals surface area contributed by atoms with Crippen LogP contribution in [0.1, 0.15) is 47.3 Å². The van der Waals surface area contributed by atoms with E-state index in [4.69, 9.17) is 4.52 Å². The summed E-state index contributed by atoms with van der Waals surface area (Å²) in [6.07, 6.45) is 2.44. The molecule has 0 aliphatic carbocycles. The number of aryl methyl sites for hydroxylation is 2. The van der Waals surface area contributed by atoms with E-state index in [9.17, 15) is 10.2 Å². The first-order chi connectivity index (χ1) is 15.9. The van der Waals surface area contributed by atoms with E-state index >= 15 is 0 Å². The van der Waals surface area contributed by atoms with E-state index in [0.717, 1.165) is 16.8 Å². The third kappa shape index (κ3) is 3.40. The number of fused-ring (bicyclic) bond motifs is 1. The molecule has 0 amide bonds. The first-order valence-electron chi connectivity index (χ1n) is 10.6. The number of nitrogens with one attached hydrogen (secondary N) is 1. The molecule has 166 valence electrons. The molecule has 3 N–H and O–H groups in total. The minimum atomic E-state index is -1.71. The number of H-pyrrole nitrogens is 1. The van der Waals surface area contributed by atoms with Gasteiger partial charge in [0.2, 0.25) is 0 Å². The van der Waals surface area contributed by atoms with Crippen molar-refractivity contribution in [1.82, 2.24) is 25.1 Å². The molecule has 0 fully saturated rings. The van der Waals surface area contributed by atoms with E-state index in [1.807, 2.05) is 38.1 Å². The maximum atomic E-state index is 12.4. The Bertz CT molecular complexity index is 1370. The van der Waals surface area contributed by atoms with Crippen molar-refractivity contribution < 1.29 is 14.7 Å². The Morgan fingerprint density at radius 2 is 1.67 bits per heavy atom. The summed E-state index contributed by atoms with van der Waals surface area (Å²) in [7, 11) is 0. The van der Waals surface area contributed by atoms with E-state index in [1.54, 1.807) is 43.6 Å². The standard InChI is InChI=1S/C25H23N5O3/c1-14-22(16(3)33-30-14)17-12-18(23-19(13-17)28-24(29-23)15(2)31)25(32,20-8-4-6-10-26-20)21-9-5-7-11-27-21/h4-13,15,31-32H,1-3H3,(H,28,29). The van der Waals surface area contributed by atoms with Crippen LogP contribution in [0.5, 0.6) is 0 Å². The molecule has 1 atom stereocenters. The van der Waals surface area contributed by atoms with Crippen molar-refractivity contribution in [2.24, 2.45) is 0 Å². The van der Waals surface area contributed by atoms with E-state index < -0.39 is 11.7 Å². The fourth-order valence-electron chi connectivity index (χ4n) is 4.21. The van der Waals surface area contributed by atoms with Gasteiger partial charge >= 0.3 is 0 Å². The number of aliphatic hydroxyl groups excluding tert-OH is 1. The number of imidazole rings is 1. The Balaban J connectivity index is 1.90. The topological polar surface area (TPSA) is 121 Å². The van der Waals surface area contributed by atoms with Crippen molar-refractivity contribution in [3.63, 3.8) is 0 Å². The molecule has 5 aromatic rings. The van der Waals surface area contributed by atoms with Crippen LogP contribution in [0.15, 0.2) is 65.4 Å². The first-order valence-corrected chi connectivity index (χ1v) is 10.6. The highest BCUT2D eigenvalue weighted by Gasteiger charge is 2.39. The average molecular weight is 441 g/mol. The summed E-state index contributed by atoms with van der Waals surface area (Å²) in [6.45, 7) is 5.35. The number of aromatic nitrogens is 5. The maximum absolute atomic E-state index is 12.4. The fraction of sp³-hybridized carbons (Fsp3) is 0.200. The average Bonchev–Trinajstić information content (AvgIpc) is 3.42. The van der Waals surface area contributed by atoms with Crippen LogP contribution in [-0.4, -0.2) is 35.3 Å². The van der Waals surface area contributed by atoms with Gasteiger partial charge in [-0.25, -0.2) is 4.98 Å². The molecule has 0 aliphatic rings. The third-order valence-electron chi connectivity index (χ3n) is 5.78. The zero-order valence-corrected chi connectivity index (χ0v) is 18.4. The van der Waals surface area contributed by atoms with Crippen LogP contribution in [0, 0.1) is 13.8 Å². The zero-order chi connectivity index (χ0) is 23.2. The minimum absolute atomic E-state index is 0.395. The molecule has 8 heteroatoms. The smallest absolute Gasteiger partial charge is 0.176 e. The summed E-state index contributed by atoms with van der Waals surface area (Å²) in [6, 6.07) is 14.5. The van der Waals surface area contributed by atoms with Gasteiger partial charge in [0.15, 0.2) is 5.60 Å². The van der Waals surface area contributed by atoms with Gasteiger partial charge in [-0.15, -0.1) is 0 Å². The van der Waals surface area contributed by atoms with Crippen LogP contribution in [0.4, 0.5) is 0 Å². The largest absolute Gasteiger partial charge is 0.385 e. The quantitative estimate of drug-likeness (QED) is 0.377. The van der Waals surface area contributed by atoms with Crippen molar-refractivity contribution in [3.8, 4) is 11.1 Å². The molecule has 4 aromatic heterocycles. The lowest BCUT2D eigenvalue weighted by Gasteiger charge is -2.28. The lowest BCUT2D eigenvalue weighted by atomic mass is 9.83. The third-order valence-corrected chi connectivity index (χ3v) is 5.78. The normalized spacial score (nSPS) is 12.9. The summed E-state index contributed by atoms with van der Waals surface area (Å²) in [4.78, 5) is 16.8. The molecular formula is C25H23N5O3. The van der Waals surface area contributed by atoms with Gasteiger partial charge in [0.05, 0.1) is 28.1 Å². The maximum Gasteiger partial charge on any atom is 0.176 e. The number of pyridine rings is 2. The Morgan fingerprint density at radius 1 is 1.00 bits per heavy atom. The summed E-state index contributed by atoms with van der Waals surface area (Å²) in [5.74, 6) is 1.05. The van der Waals surface area contributed by atoms with Gasteiger partial charge < -0.3 is 19.7 Å². The number of rotatable bonds is 5. The van der Waals surface area contributed by atoms with E-state index in [1.165, 1.54) is 0 Å². The number of hydrogen-bond acceptors (Lipinski definition) is 7. The van der Waals surface area contributed by atoms with Gasteiger partial charge in [0, 0.05) is 23.5 Å². The zero-order valence-electron chi connectivity index (χ0n) is 18.4. The van der Waals surface area contributed by atoms with Crippen LogP contribution in [0.2, 0.25) is 0 Å². The fourth-order valence-corrected chi connectivity index (χ4v) is 4.21. The Hall–Kier alpha value is -3.88. The molecule has 33 heavy (non-hydrogen) atoms. The van der Waals surface area contributed by atoms with Crippen molar-refractivity contribution in [1.29, 1.82) is 0 Å². The molecule has 1 unspecified atom stereocenters.